The van der Waals surface area contributed by atoms with E-state index in [4.69, 9.17) is 9.47 Å². The molecule has 2 N–H and O–H groups in total. The predicted octanol–water partition coefficient (Wildman–Crippen LogP) is 2.04. The molecule has 0 saturated heterocycles. The first-order valence-corrected chi connectivity index (χ1v) is 6.95. The predicted molar refractivity (Wildman–Crippen MR) is 80.2 cm³/mol. The maximum Gasteiger partial charge on any atom is 0.238 e. The summed E-state index contributed by atoms with van der Waals surface area (Å²) in [6.45, 7) is 8.06. The summed E-state index contributed by atoms with van der Waals surface area (Å²) in [6, 6.07) is 7.60. The summed E-state index contributed by atoms with van der Waals surface area (Å²) in [4.78, 5) is 11.6. The van der Waals surface area contributed by atoms with Crippen LogP contribution in [0.15, 0.2) is 24.3 Å². The van der Waals surface area contributed by atoms with Gasteiger partial charge in [0.25, 0.3) is 0 Å². The highest BCUT2D eigenvalue weighted by Crippen LogP contribution is 2.15. The normalized spacial score (nSPS) is 10.6. The minimum atomic E-state index is -0.0521. The molecule has 0 atom stereocenters. The monoisotopic (exact) mass is 280 g/mol. The van der Waals surface area contributed by atoms with Crippen LogP contribution >= 0.6 is 0 Å². The number of rotatable bonds is 9. The van der Waals surface area contributed by atoms with Crippen molar-refractivity contribution >= 4 is 11.6 Å². The zero-order valence-corrected chi connectivity index (χ0v) is 12.4. The number of hydrogen-bond acceptors (Lipinski definition) is 4. The van der Waals surface area contributed by atoms with Crippen LogP contribution < -0.4 is 15.4 Å². The molecule has 5 nitrogen and oxygen atoms in total. The molecule has 0 heterocycles. The van der Waals surface area contributed by atoms with E-state index in [1.165, 1.54) is 0 Å². The number of benzene rings is 1. The van der Waals surface area contributed by atoms with Crippen molar-refractivity contribution in [3.05, 3.63) is 24.3 Å². The van der Waals surface area contributed by atoms with Gasteiger partial charge in [-0.2, -0.15) is 0 Å². The first kappa shape index (κ1) is 16.5. The van der Waals surface area contributed by atoms with Crippen molar-refractivity contribution in [3.63, 3.8) is 0 Å². The van der Waals surface area contributed by atoms with Crippen LogP contribution in [0.4, 0.5) is 5.69 Å². The van der Waals surface area contributed by atoms with E-state index < -0.39 is 0 Å². The Kier molecular flexibility index (Phi) is 7.69. The molecule has 0 radical (unpaired) electrons. The molecule has 0 aliphatic rings. The van der Waals surface area contributed by atoms with E-state index in [0.717, 1.165) is 11.4 Å². The van der Waals surface area contributed by atoms with Gasteiger partial charge in [0.2, 0.25) is 5.91 Å². The molecule has 0 aromatic heterocycles. The average molecular weight is 280 g/mol. The van der Waals surface area contributed by atoms with Crippen molar-refractivity contribution in [1.82, 2.24) is 5.32 Å². The molecule has 5 heteroatoms. The Hall–Kier alpha value is -1.59. The van der Waals surface area contributed by atoms with E-state index in [-0.39, 0.29) is 5.91 Å². The number of carbonyl (C=O) groups is 1. The minimum absolute atomic E-state index is 0.0521. The molecular formula is C15H24N2O3. The SMILES string of the molecule is CCOCCOc1ccc(NC(=O)CNC(C)C)cc1. The number of nitrogens with one attached hydrogen (secondary N) is 2. The molecule has 0 aliphatic carbocycles. The van der Waals surface area contributed by atoms with Crippen LogP contribution in [-0.2, 0) is 9.53 Å². The second-order valence-corrected chi connectivity index (χ2v) is 4.65. The molecule has 0 unspecified atom stereocenters. The van der Waals surface area contributed by atoms with E-state index in [1.54, 1.807) is 0 Å². The quantitative estimate of drug-likeness (QED) is 0.680. The smallest absolute Gasteiger partial charge is 0.238 e. The van der Waals surface area contributed by atoms with E-state index in [1.807, 2.05) is 45.0 Å². The Balaban J connectivity index is 2.32. The Morgan fingerprint density at radius 1 is 1.20 bits per heavy atom. The lowest BCUT2D eigenvalue weighted by molar-refractivity contribution is -0.115. The van der Waals surface area contributed by atoms with Gasteiger partial charge in [-0.15, -0.1) is 0 Å². The van der Waals surface area contributed by atoms with Gasteiger partial charge in [0, 0.05) is 18.3 Å². The topological polar surface area (TPSA) is 59.6 Å². The fourth-order valence-corrected chi connectivity index (χ4v) is 1.50. The average Bonchev–Trinajstić information content (AvgIpc) is 2.43. The third kappa shape index (κ3) is 7.11. The van der Waals surface area contributed by atoms with Gasteiger partial charge in [0.1, 0.15) is 12.4 Å². The zero-order chi connectivity index (χ0) is 14.8. The third-order valence-electron chi connectivity index (χ3n) is 2.51. The summed E-state index contributed by atoms with van der Waals surface area (Å²) in [5.74, 6) is 0.715. The highest BCUT2D eigenvalue weighted by atomic mass is 16.5. The molecule has 0 bridgehead atoms. The number of carbonyl (C=O) groups excluding carboxylic acids is 1. The highest BCUT2D eigenvalue weighted by molar-refractivity contribution is 5.92. The molecule has 0 saturated carbocycles. The summed E-state index contributed by atoms with van der Waals surface area (Å²) in [7, 11) is 0. The van der Waals surface area contributed by atoms with Gasteiger partial charge in [-0.25, -0.2) is 0 Å². The molecular weight excluding hydrogens is 256 g/mol. The Bertz CT molecular complexity index is 391. The van der Waals surface area contributed by atoms with Crippen LogP contribution in [-0.4, -0.2) is 38.3 Å². The van der Waals surface area contributed by atoms with Gasteiger partial charge in [0.05, 0.1) is 13.2 Å². The van der Waals surface area contributed by atoms with E-state index in [0.29, 0.717) is 32.4 Å². The molecule has 0 fully saturated rings. The summed E-state index contributed by atoms with van der Waals surface area (Å²) < 4.78 is 10.7. The van der Waals surface area contributed by atoms with Crippen LogP contribution in [0.5, 0.6) is 5.75 Å². The van der Waals surface area contributed by atoms with Crippen molar-refractivity contribution in [2.24, 2.45) is 0 Å². The van der Waals surface area contributed by atoms with Gasteiger partial charge < -0.3 is 20.1 Å². The van der Waals surface area contributed by atoms with Crippen molar-refractivity contribution in [2.45, 2.75) is 26.8 Å². The molecule has 1 amide bonds. The highest BCUT2D eigenvalue weighted by Gasteiger charge is 2.03. The van der Waals surface area contributed by atoms with Crippen LogP contribution in [0.1, 0.15) is 20.8 Å². The lowest BCUT2D eigenvalue weighted by Crippen LogP contribution is -2.32. The maximum absolute atomic E-state index is 11.6. The van der Waals surface area contributed by atoms with E-state index in [2.05, 4.69) is 10.6 Å². The summed E-state index contributed by atoms with van der Waals surface area (Å²) in [5.41, 5.74) is 0.762. The number of anilines is 1. The van der Waals surface area contributed by atoms with Gasteiger partial charge in [-0.1, -0.05) is 13.8 Å². The first-order valence-electron chi connectivity index (χ1n) is 6.95. The van der Waals surface area contributed by atoms with E-state index in [9.17, 15) is 4.79 Å². The molecule has 0 aliphatic heterocycles. The lowest BCUT2D eigenvalue weighted by atomic mass is 10.3. The fourth-order valence-electron chi connectivity index (χ4n) is 1.50. The maximum atomic E-state index is 11.6. The molecule has 1 rings (SSSR count). The second kappa shape index (κ2) is 9.34. The fraction of sp³-hybridized carbons (Fsp3) is 0.533. The van der Waals surface area contributed by atoms with Gasteiger partial charge in [0.15, 0.2) is 0 Å². The number of amides is 1. The molecule has 1 aromatic carbocycles. The lowest BCUT2D eigenvalue weighted by Gasteiger charge is -2.10. The second-order valence-electron chi connectivity index (χ2n) is 4.65. The van der Waals surface area contributed by atoms with Crippen molar-refractivity contribution < 1.29 is 14.3 Å². The van der Waals surface area contributed by atoms with Crippen molar-refractivity contribution in [1.29, 1.82) is 0 Å². The molecule has 0 spiro atoms. The molecule has 20 heavy (non-hydrogen) atoms. The Labute approximate surface area is 120 Å². The summed E-state index contributed by atoms with van der Waals surface area (Å²) >= 11 is 0. The first-order chi connectivity index (χ1) is 9.61. The van der Waals surface area contributed by atoms with Crippen LogP contribution in [0.2, 0.25) is 0 Å². The summed E-state index contributed by atoms with van der Waals surface area (Å²) in [6.07, 6.45) is 0. The van der Waals surface area contributed by atoms with Gasteiger partial charge in [-0.3, -0.25) is 4.79 Å². The number of hydrogen-bond donors (Lipinski definition) is 2. The zero-order valence-electron chi connectivity index (χ0n) is 12.4. The largest absolute Gasteiger partial charge is 0.491 e. The van der Waals surface area contributed by atoms with Crippen LogP contribution in [0.25, 0.3) is 0 Å². The van der Waals surface area contributed by atoms with Crippen molar-refractivity contribution in [2.75, 3.05) is 31.7 Å². The third-order valence-corrected chi connectivity index (χ3v) is 2.51. The van der Waals surface area contributed by atoms with Crippen LogP contribution in [0, 0.1) is 0 Å². The Morgan fingerprint density at radius 3 is 2.50 bits per heavy atom. The van der Waals surface area contributed by atoms with Crippen molar-refractivity contribution in [3.8, 4) is 5.75 Å². The number of ether oxygens (including phenoxy) is 2. The molecule has 1 aromatic rings. The Morgan fingerprint density at radius 2 is 1.90 bits per heavy atom. The summed E-state index contributed by atoms with van der Waals surface area (Å²) in [5, 5.41) is 5.89. The minimum Gasteiger partial charge on any atom is -0.491 e. The molecule has 112 valence electrons. The standard InChI is InChI=1S/C15H24N2O3/c1-4-19-9-10-20-14-7-5-13(6-8-14)17-15(18)11-16-12(2)3/h5-8,12,16H,4,9-11H2,1-3H3,(H,17,18). The van der Waals surface area contributed by atoms with E-state index >= 15 is 0 Å². The van der Waals surface area contributed by atoms with Gasteiger partial charge in [-0.05, 0) is 31.2 Å². The van der Waals surface area contributed by atoms with Gasteiger partial charge >= 0.3 is 0 Å². The van der Waals surface area contributed by atoms with Crippen LogP contribution in [0.3, 0.4) is 0 Å².